The zero-order valence-corrected chi connectivity index (χ0v) is 18.1. The summed E-state index contributed by atoms with van der Waals surface area (Å²) in [5.41, 5.74) is 0.511. The lowest BCUT2D eigenvalue weighted by atomic mass is 10.2. The lowest BCUT2D eigenvalue weighted by Crippen LogP contribution is -2.13. The SMILES string of the molecule is O=C(Nc1ccc(S(=O)(=O)Nc2nccs2)cc1)c1cc2cc(Br)ccc2s1. The van der Waals surface area contributed by atoms with Gasteiger partial charge in [-0.05, 0) is 53.9 Å². The summed E-state index contributed by atoms with van der Waals surface area (Å²) in [6.45, 7) is 0. The van der Waals surface area contributed by atoms with Gasteiger partial charge in [-0.2, -0.15) is 0 Å². The van der Waals surface area contributed by atoms with Crippen LogP contribution in [0.4, 0.5) is 10.8 Å². The Morgan fingerprint density at radius 3 is 2.57 bits per heavy atom. The molecule has 0 aliphatic carbocycles. The van der Waals surface area contributed by atoms with Gasteiger partial charge >= 0.3 is 0 Å². The molecule has 0 aliphatic heterocycles. The highest BCUT2D eigenvalue weighted by Gasteiger charge is 2.16. The lowest BCUT2D eigenvalue weighted by molar-refractivity contribution is 0.103. The van der Waals surface area contributed by atoms with Crippen molar-refractivity contribution in [3.05, 3.63) is 69.5 Å². The zero-order valence-electron chi connectivity index (χ0n) is 14.0. The molecule has 1 amide bonds. The summed E-state index contributed by atoms with van der Waals surface area (Å²) in [5.74, 6) is -0.242. The van der Waals surface area contributed by atoms with Crippen LogP contribution in [-0.2, 0) is 10.0 Å². The average molecular weight is 494 g/mol. The second-order valence-electron chi connectivity index (χ2n) is 5.71. The van der Waals surface area contributed by atoms with Crippen LogP contribution in [0.25, 0.3) is 10.1 Å². The summed E-state index contributed by atoms with van der Waals surface area (Å²) in [5, 5.41) is 5.76. The second-order valence-corrected chi connectivity index (χ2v) is 10.3. The van der Waals surface area contributed by atoms with E-state index in [1.807, 2.05) is 24.3 Å². The fourth-order valence-electron chi connectivity index (χ4n) is 2.48. The quantitative estimate of drug-likeness (QED) is 0.401. The van der Waals surface area contributed by atoms with Crippen molar-refractivity contribution < 1.29 is 13.2 Å². The van der Waals surface area contributed by atoms with Crippen LogP contribution in [0.3, 0.4) is 0 Å². The molecule has 4 aromatic rings. The predicted octanol–water partition coefficient (Wildman–Crippen LogP) is 5.17. The Morgan fingerprint density at radius 1 is 1.07 bits per heavy atom. The van der Waals surface area contributed by atoms with Crippen molar-refractivity contribution in [3.63, 3.8) is 0 Å². The number of amides is 1. The van der Waals surface area contributed by atoms with Crippen molar-refractivity contribution in [1.82, 2.24) is 4.98 Å². The van der Waals surface area contributed by atoms with Crippen LogP contribution < -0.4 is 10.0 Å². The number of halogens is 1. The van der Waals surface area contributed by atoms with Crippen LogP contribution >= 0.6 is 38.6 Å². The second kappa shape index (κ2) is 7.63. The van der Waals surface area contributed by atoms with Gasteiger partial charge in [0.2, 0.25) is 0 Å². The number of rotatable bonds is 5. The largest absolute Gasteiger partial charge is 0.321 e. The third-order valence-electron chi connectivity index (χ3n) is 3.78. The first kappa shape index (κ1) is 19.1. The number of carbonyl (C=O) groups is 1. The number of thiazole rings is 1. The summed E-state index contributed by atoms with van der Waals surface area (Å²) in [6.07, 6.45) is 1.52. The summed E-state index contributed by atoms with van der Waals surface area (Å²) in [4.78, 5) is 17.1. The first-order chi connectivity index (χ1) is 13.4. The van der Waals surface area contributed by atoms with E-state index in [4.69, 9.17) is 0 Å². The molecule has 2 heterocycles. The molecule has 2 N–H and O–H groups in total. The number of thiophene rings is 1. The molecule has 0 aliphatic rings. The summed E-state index contributed by atoms with van der Waals surface area (Å²) < 4.78 is 29.1. The Bertz CT molecular complexity index is 1250. The predicted molar refractivity (Wildman–Crippen MR) is 117 cm³/mol. The van der Waals surface area contributed by atoms with Gasteiger partial charge in [-0.25, -0.2) is 13.4 Å². The van der Waals surface area contributed by atoms with E-state index in [2.05, 4.69) is 31.0 Å². The van der Waals surface area contributed by atoms with E-state index in [1.54, 1.807) is 17.5 Å². The minimum atomic E-state index is -3.72. The van der Waals surface area contributed by atoms with Crippen LogP contribution in [0, 0.1) is 0 Å². The van der Waals surface area contributed by atoms with Crippen LogP contribution in [-0.4, -0.2) is 19.3 Å². The van der Waals surface area contributed by atoms with Crippen molar-refractivity contribution in [1.29, 1.82) is 0 Å². The van der Waals surface area contributed by atoms with Crippen LogP contribution in [0.1, 0.15) is 9.67 Å². The monoisotopic (exact) mass is 493 g/mol. The minimum absolute atomic E-state index is 0.0902. The number of fused-ring (bicyclic) bond motifs is 1. The van der Waals surface area contributed by atoms with E-state index in [9.17, 15) is 13.2 Å². The van der Waals surface area contributed by atoms with Gasteiger partial charge in [-0.3, -0.25) is 9.52 Å². The average Bonchev–Trinajstić information content (AvgIpc) is 3.31. The number of anilines is 2. The molecular weight excluding hydrogens is 482 g/mol. The number of nitrogens with zero attached hydrogens (tertiary/aromatic N) is 1. The molecule has 0 fully saturated rings. The van der Waals surface area contributed by atoms with Gasteiger partial charge < -0.3 is 5.32 Å². The Kier molecular flexibility index (Phi) is 5.19. The summed E-state index contributed by atoms with van der Waals surface area (Å²) in [6, 6.07) is 13.7. The maximum absolute atomic E-state index is 12.5. The summed E-state index contributed by atoms with van der Waals surface area (Å²) >= 11 is 6.01. The maximum Gasteiger partial charge on any atom is 0.265 e. The first-order valence-electron chi connectivity index (χ1n) is 7.93. The molecule has 2 aromatic heterocycles. The van der Waals surface area contributed by atoms with Crippen LogP contribution in [0.2, 0.25) is 0 Å². The topological polar surface area (TPSA) is 88.2 Å². The molecule has 0 radical (unpaired) electrons. The highest BCUT2D eigenvalue weighted by Crippen LogP contribution is 2.29. The molecule has 28 heavy (non-hydrogen) atoms. The van der Waals surface area contributed by atoms with Gasteiger partial charge in [-0.15, -0.1) is 22.7 Å². The van der Waals surface area contributed by atoms with Crippen molar-refractivity contribution >= 4 is 75.4 Å². The van der Waals surface area contributed by atoms with Crippen LogP contribution in [0.15, 0.2) is 69.5 Å². The number of nitrogens with one attached hydrogen (secondary N) is 2. The van der Waals surface area contributed by atoms with Gasteiger partial charge in [0.15, 0.2) is 5.13 Å². The highest BCUT2D eigenvalue weighted by atomic mass is 79.9. The Labute approximate surface area is 177 Å². The highest BCUT2D eigenvalue weighted by molar-refractivity contribution is 9.10. The van der Waals surface area contributed by atoms with Gasteiger partial charge in [0.05, 0.1) is 9.77 Å². The molecule has 10 heteroatoms. The third-order valence-corrected chi connectivity index (χ3v) is 7.56. The number of aromatic nitrogens is 1. The number of hydrogen-bond donors (Lipinski definition) is 2. The van der Waals surface area contributed by atoms with Gasteiger partial charge in [0.1, 0.15) is 0 Å². The maximum atomic E-state index is 12.5. The number of sulfonamides is 1. The first-order valence-corrected chi connectivity index (χ1v) is 11.9. The molecule has 0 saturated heterocycles. The molecule has 0 saturated carbocycles. The van der Waals surface area contributed by atoms with E-state index in [1.165, 1.54) is 41.0 Å². The van der Waals surface area contributed by atoms with E-state index < -0.39 is 10.0 Å². The Balaban J connectivity index is 1.49. The van der Waals surface area contributed by atoms with Gasteiger partial charge in [0.25, 0.3) is 15.9 Å². The lowest BCUT2D eigenvalue weighted by Gasteiger charge is -2.07. The zero-order chi connectivity index (χ0) is 19.7. The number of benzene rings is 2. The molecule has 0 spiro atoms. The smallest absolute Gasteiger partial charge is 0.265 e. The standard InChI is InChI=1S/C18H12BrN3O3S3/c19-12-1-6-15-11(9-12)10-16(27-15)17(23)21-13-2-4-14(5-3-13)28(24,25)22-18-20-7-8-26-18/h1-10H,(H,20,22)(H,21,23). The van der Waals surface area contributed by atoms with Crippen molar-refractivity contribution in [2.24, 2.45) is 0 Å². The third kappa shape index (κ3) is 4.09. The van der Waals surface area contributed by atoms with Gasteiger partial charge in [0, 0.05) is 26.4 Å². The molecule has 2 aromatic carbocycles. The molecule has 4 rings (SSSR count). The van der Waals surface area contributed by atoms with Crippen LogP contribution in [0.5, 0.6) is 0 Å². The number of carbonyl (C=O) groups excluding carboxylic acids is 1. The van der Waals surface area contributed by atoms with Crippen molar-refractivity contribution in [2.75, 3.05) is 10.0 Å². The van der Waals surface area contributed by atoms with E-state index >= 15 is 0 Å². The van der Waals surface area contributed by atoms with E-state index in [0.29, 0.717) is 15.7 Å². The van der Waals surface area contributed by atoms with Crippen molar-refractivity contribution in [3.8, 4) is 0 Å². The van der Waals surface area contributed by atoms with E-state index in [-0.39, 0.29) is 10.8 Å². The molecule has 0 bridgehead atoms. The van der Waals surface area contributed by atoms with Gasteiger partial charge in [-0.1, -0.05) is 15.9 Å². The minimum Gasteiger partial charge on any atom is -0.321 e. The van der Waals surface area contributed by atoms with E-state index in [0.717, 1.165) is 14.6 Å². The molecule has 0 atom stereocenters. The molecule has 0 unspecified atom stereocenters. The summed E-state index contributed by atoms with van der Waals surface area (Å²) in [7, 11) is -3.72. The molecule has 142 valence electrons. The Morgan fingerprint density at radius 2 is 1.86 bits per heavy atom. The number of hydrogen-bond acceptors (Lipinski definition) is 6. The molecular formula is C18H12BrN3O3S3. The normalized spacial score (nSPS) is 11.5. The van der Waals surface area contributed by atoms with Crippen molar-refractivity contribution in [2.45, 2.75) is 4.90 Å². The Hall–Kier alpha value is -2.27. The fraction of sp³-hybridized carbons (Fsp3) is 0. The molecule has 6 nitrogen and oxygen atoms in total. The fourth-order valence-corrected chi connectivity index (χ4v) is 5.59.